The molecular weight excluding hydrogens is 312 g/mol. The van der Waals surface area contributed by atoms with Crippen molar-refractivity contribution in [1.82, 2.24) is 0 Å². The van der Waals surface area contributed by atoms with Crippen LogP contribution < -0.4 is 0 Å². The standard InChI is InChI=1S/C15H14BrClO/c1-2-10-6-8-11(9-7-10)15(18)12-4-3-5-13(16)14(12)17/h3-9,15,18H,2H2,1H3. The monoisotopic (exact) mass is 324 g/mol. The zero-order valence-corrected chi connectivity index (χ0v) is 12.4. The quantitative estimate of drug-likeness (QED) is 0.863. The Morgan fingerprint density at radius 3 is 2.44 bits per heavy atom. The molecule has 0 aromatic heterocycles. The van der Waals surface area contributed by atoms with E-state index in [2.05, 4.69) is 22.9 Å². The van der Waals surface area contributed by atoms with Crippen LogP contribution in [-0.4, -0.2) is 5.11 Å². The van der Waals surface area contributed by atoms with E-state index in [9.17, 15) is 5.11 Å². The number of rotatable bonds is 3. The van der Waals surface area contributed by atoms with E-state index in [0.29, 0.717) is 5.02 Å². The first-order valence-electron chi connectivity index (χ1n) is 5.84. The van der Waals surface area contributed by atoms with Gasteiger partial charge in [0.15, 0.2) is 0 Å². The van der Waals surface area contributed by atoms with Crippen LogP contribution in [0.15, 0.2) is 46.9 Å². The van der Waals surface area contributed by atoms with Gasteiger partial charge in [-0.1, -0.05) is 54.9 Å². The summed E-state index contributed by atoms with van der Waals surface area (Å²) < 4.78 is 0.797. The topological polar surface area (TPSA) is 20.2 Å². The minimum absolute atomic E-state index is 0.560. The average molecular weight is 326 g/mol. The normalized spacial score (nSPS) is 12.4. The third kappa shape index (κ3) is 2.77. The molecule has 2 aromatic rings. The third-order valence-electron chi connectivity index (χ3n) is 2.98. The Balaban J connectivity index is 2.35. The first kappa shape index (κ1) is 13.6. The number of aryl methyl sites for hydroxylation is 1. The van der Waals surface area contributed by atoms with E-state index in [1.807, 2.05) is 42.5 Å². The van der Waals surface area contributed by atoms with E-state index in [-0.39, 0.29) is 0 Å². The van der Waals surface area contributed by atoms with Gasteiger partial charge >= 0.3 is 0 Å². The lowest BCUT2D eigenvalue weighted by molar-refractivity contribution is 0.220. The van der Waals surface area contributed by atoms with Gasteiger partial charge in [0.1, 0.15) is 6.10 Å². The van der Waals surface area contributed by atoms with E-state index >= 15 is 0 Å². The number of hydrogen-bond acceptors (Lipinski definition) is 1. The van der Waals surface area contributed by atoms with Crippen molar-refractivity contribution < 1.29 is 5.11 Å². The highest BCUT2D eigenvalue weighted by molar-refractivity contribution is 9.10. The van der Waals surface area contributed by atoms with Crippen LogP contribution in [0.3, 0.4) is 0 Å². The third-order valence-corrected chi connectivity index (χ3v) is 4.29. The molecule has 0 fully saturated rings. The van der Waals surface area contributed by atoms with Gasteiger partial charge in [-0.25, -0.2) is 0 Å². The minimum atomic E-state index is -0.694. The summed E-state index contributed by atoms with van der Waals surface area (Å²) in [5, 5.41) is 10.9. The predicted molar refractivity (Wildman–Crippen MR) is 79.0 cm³/mol. The highest BCUT2D eigenvalue weighted by Crippen LogP contribution is 2.33. The summed E-state index contributed by atoms with van der Waals surface area (Å²) in [5.74, 6) is 0. The second kappa shape index (κ2) is 5.87. The SMILES string of the molecule is CCc1ccc(C(O)c2cccc(Br)c2Cl)cc1. The molecule has 1 N–H and O–H groups in total. The molecule has 2 rings (SSSR count). The molecule has 2 aromatic carbocycles. The smallest absolute Gasteiger partial charge is 0.106 e. The second-order valence-corrected chi connectivity index (χ2v) is 5.37. The zero-order chi connectivity index (χ0) is 13.1. The van der Waals surface area contributed by atoms with Crippen LogP contribution in [0.25, 0.3) is 0 Å². The van der Waals surface area contributed by atoms with Gasteiger partial charge in [-0.15, -0.1) is 0 Å². The highest BCUT2D eigenvalue weighted by atomic mass is 79.9. The summed E-state index contributed by atoms with van der Waals surface area (Å²) in [6.07, 6.45) is 0.300. The Labute approximate surface area is 121 Å². The maximum atomic E-state index is 10.4. The molecular formula is C15H14BrClO. The average Bonchev–Trinajstić information content (AvgIpc) is 2.41. The van der Waals surface area contributed by atoms with Crippen molar-refractivity contribution in [2.24, 2.45) is 0 Å². The van der Waals surface area contributed by atoms with Crippen LogP contribution in [0.5, 0.6) is 0 Å². The van der Waals surface area contributed by atoms with Gasteiger partial charge in [0.25, 0.3) is 0 Å². The molecule has 1 unspecified atom stereocenters. The summed E-state index contributed by atoms with van der Waals surface area (Å²) in [6, 6.07) is 13.5. The number of aliphatic hydroxyl groups is 1. The van der Waals surface area contributed by atoms with Gasteiger partial charge in [-0.05, 0) is 39.5 Å². The molecule has 0 heterocycles. The maximum absolute atomic E-state index is 10.4. The van der Waals surface area contributed by atoms with Crippen LogP contribution in [0.1, 0.15) is 29.7 Å². The van der Waals surface area contributed by atoms with Gasteiger partial charge in [0, 0.05) is 10.0 Å². The summed E-state index contributed by atoms with van der Waals surface area (Å²) >= 11 is 9.56. The lowest BCUT2D eigenvalue weighted by atomic mass is 10.00. The molecule has 0 aliphatic carbocycles. The van der Waals surface area contributed by atoms with Crippen molar-refractivity contribution in [3.63, 3.8) is 0 Å². The molecule has 0 spiro atoms. The van der Waals surface area contributed by atoms with Gasteiger partial charge in [0.05, 0.1) is 5.02 Å². The minimum Gasteiger partial charge on any atom is -0.384 e. The van der Waals surface area contributed by atoms with Crippen molar-refractivity contribution in [3.8, 4) is 0 Å². The van der Waals surface area contributed by atoms with E-state index in [1.54, 1.807) is 0 Å². The lowest BCUT2D eigenvalue weighted by Gasteiger charge is -2.14. The summed E-state index contributed by atoms with van der Waals surface area (Å²) in [4.78, 5) is 0. The van der Waals surface area contributed by atoms with Crippen molar-refractivity contribution in [1.29, 1.82) is 0 Å². The van der Waals surface area contributed by atoms with Gasteiger partial charge in [-0.3, -0.25) is 0 Å². The second-order valence-electron chi connectivity index (χ2n) is 4.14. The molecule has 0 aliphatic rings. The maximum Gasteiger partial charge on any atom is 0.106 e. The predicted octanol–water partition coefficient (Wildman–Crippen LogP) is 4.75. The first-order valence-corrected chi connectivity index (χ1v) is 7.01. The van der Waals surface area contributed by atoms with Crippen LogP contribution in [0, 0.1) is 0 Å². The Morgan fingerprint density at radius 2 is 1.83 bits per heavy atom. The van der Waals surface area contributed by atoms with Gasteiger partial charge in [0.2, 0.25) is 0 Å². The molecule has 0 saturated carbocycles. The summed E-state index contributed by atoms with van der Waals surface area (Å²) in [7, 11) is 0. The number of hydrogen-bond donors (Lipinski definition) is 1. The molecule has 1 nitrogen and oxygen atoms in total. The summed E-state index contributed by atoms with van der Waals surface area (Å²) in [5.41, 5.74) is 2.83. The van der Waals surface area contributed by atoms with E-state index in [4.69, 9.17) is 11.6 Å². The van der Waals surface area contributed by atoms with E-state index < -0.39 is 6.10 Å². The van der Waals surface area contributed by atoms with E-state index in [1.165, 1.54) is 5.56 Å². The Bertz CT molecular complexity index is 537. The van der Waals surface area contributed by atoms with Crippen molar-refractivity contribution in [2.75, 3.05) is 0 Å². The molecule has 3 heteroatoms. The fourth-order valence-corrected chi connectivity index (χ4v) is 2.46. The fourth-order valence-electron chi connectivity index (χ4n) is 1.85. The Morgan fingerprint density at radius 1 is 1.17 bits per heavy atom. The van der Waals surface area contributed by atoms with Crippen molar-refractivity contribution in [2.45, 2.75) is 19.4 Å². The molecule has 94 valence electrons. The zero-order valence-electron chi connectivity index (χ0n) is 10.0. The fraction of sp³-hybridized carbons (Fsp3) is 0.200. The van der Waals surface area contributed by atoms with Crippen molar-refractivity contribution in [3.05, 3.63) is 68.7 Å². The molecule has 18 heavy (non-hydrogen) atoms. The lowest BCUT2D eigenvalue weighted by Crippen LogP contribution is -2.01. The number of aliphatic hydroxyl groups excluding tert-OH is 1. The van der Waals surface area contributed by atoms with Crippen molar-refractivity contribution >= 4 is 27.5 Å². The molecule has 0 amide bonds. The first-order chi connectivity index (χ1) is 8.63. The number of benzene rings is 2. The molecule has 1 atom stereocenters. The Hall–Kier alpha value is -0.830. The van der Waals surface area contributed by atoms with Crippen LogP contribution in [-0.2, 0) is 6.42 Å². The van der Waals surface area contributed by atoms with E-state index in [0.717, 1.165) is 22.0 Å². The highest BCUT2D eigenvalue weighted by Gasteiger charge is 2.15. The molecule has 0 bridgehead atoms. The summed E-state index contributed by atoms with van der Waals surface area (Å²) in [6.45, 7) is 2.11. The van der Waals surface area contributed by atoms with Crippen LogP contribution in [0.2, 0.25) is 5.02 Å². The van der Waals surface area contributed by atoms with Gasteiger partial charge in [-0.2, -0.15) is 0 Å². The Kier molecular flexibility index (Phi) is 4.44. The van der Waals surface area contributed by atoms with Crippen LogP contribution >= 0.6 is 27.5 Å². The number of halogens is 2. The van der Waals surface area contributed by atoms with Gasteiger partial charge < -0.3 is 5.11 Å². The largest absolute Gasteiger partial charge is 0.384 e. The molecule has 0 saturated heterocycles. The molecule has 0 radical (unpaired) electrons. The molecule has 0 aliphatic heterocycles. The van der Waals surface area contributed by atoms with Crippen LogP contribution in [0.4, 0.5) is 0 Å².